The van der Waals surface area contributed by atoms with Crippen molar-refractivity contribution >= 4 is 18.0 Å². The molecule has 0 spiro atoms. The molecule has 3 fully saturated rings. The van der Waals surface area contributed by atoms with Gasteiger partial charge in [0, 0.05) is 6.54 Å². The second-order valence-electron chi connectivity index (χ2n) is 5.66. The van der Waals surface area contributed by atoms with E-state index in [0.717, 1.165) is 0 Å². The molecule has 0 N–H and O–H groups in total. The first-order valence-corrected chi connectivity index (χ1v) is 6.03. The summed E-state index contributed by atoms with van der Waals surface area (Å²) in [6.45, 7) is 5.46. The van der Waals surface area contributed by atoms with Crippen LogP contribution in [0.1, 0.15) is 33.6 Å². The van der Waals surface area contributed by atoms with E-state index in [4.69, 9.17) is 4.74 Å². The van der Waals surface area contributed by atoms with Gasteiger partial charge in [-0.25, -0.2) is 9.59 Å². The summed E-state index contributed by atoms with van der Waals surface area (Å²) in [5.41, 5.74) is -0.628. The van der Waals surface area contributed by atoms with E-state index in [2.05, 4.69) is 4.74 Å². The van der Waals surface area contributed by atoms with Gasteiger partial charge < -0.3 is 9.47 Å². The molecule has 0 radical (unpaired) electrons. The Bertz CT molecular complexity index is 398. The number of amides is 1. The summed E-state index contributed by atoms with van der Waals surface area (Å²) in [5, 5.41) is 0. The largest absolute Gasteiger partial charge is 0.444 e. The van der Waals surface area contributed by atoms with E-state index < -0.39 is 35.6 Å². The van der Waals surface area contributed by atoms with Crippen LogP contribution in [0.2, 0.25) is 0 Å². The third kappa shape index (κ3) is 2.47. The predicted molar refractivity (Wildman–Crippen MR) is 60.6 cm³/mol. The van der Waals surface area contributed by atoms with Crippen LogP contribution in [0.25, 0.3) is 0 Å². The van der Waals surface area contributed by atoms with E-state index in [9.17, 15) is 14.4 Å². The molecule has 0 aromatic heterocycles. The van der Waals surface area contributed by atoms with Crippen molar-refractivity contribution in [2.45, 2.75) is 45.3 Å². The topological polar surface area (TPSA) is 72.9 Å². The molecule has 2 bridgehead atoms. The Morgan fingerprint density at radius 3 is 2.56 bits per heavy atom. The third-order valence-corrected chi connectivity index (χ3v) is 3.02. The van der Waals surface area contributed by atoms with E-state index in [1.807, 2.05) is 0 Å². The molecule has 2 unspecified atom stereocenters. The molecule has 6 heteroatoms. The molecule has 18 heavy (non-hydrogen) atoms. The van der Waals surface area contributed by atoms with Gasteiger partial charge in [0.15, 0.2) is 0 Å². The molecule has 6 nitrogen and oxygen atoms in total. The van der Waals surface area contributed by atoms with Gasteiger partial charge in [0.05, 0.1) is 5.92 Å². The summed E-state index contributed by atoms with van der Waals surface area (Å²) in [5.74, 6) is -1.60. The first-order valence-electron chi connectivity index (χ1n) is 6.03. The fraction of sp³-hybridized carbons (Fsp3) is 0.750. The van der Waals surface area contributed by atoms with Crippen LogP contribution in [0.3, 0.4) is 0 Å². The minimum Gasteiger partial charge on any atom is -0.444 e. The van der Waals surface area contributed by atoms with Crippen molar-refractivity contribution in [2.75, 3.05) is 6.54 Å². The normalized spacial score (nSPS) is 27.8. The fourth-order valence-corrected chi connectivity index (χ4v) is 2.18. The number of ether oxygens (including phenoxy) is 2. The van der Waals surface area contributed by atoms with Crippen LogP contribution in [0, 0.1) is 5.92 Å². The summed E-state index contributed by atoms with van der Waals surface area (Å²) in [4.78, 5) is 36.5. The van der Waals surface area contributed by atoms with E-state index in [-0.39, 0.29) is 6.54 Å². The van der Waals surface area contributed by atoms with E-state index in [0.29, 0.717) is 12.8 Å². The molecular formula is C12H17NO5. The number of esters is 2. The second-order valence-corrected chi connectivity index (χ2v) is 5.66. The lowest BCUT2D eigenvalue weighted by Crippen LogP contribution is -2.50. The quantitative estimate of drug-likeness (QED) is 0.478. The monoisotopic (exact) mass is 255 g/mol. The van der Waals surface area contributed by atoms with Gasteiger partial charge in [0.2, 0.25) is 0 Å². The molecule has 3 aliphatic rings. The van der Waals surface area contributed by atoms with Crippen LogP contribution in [0.4, 0.5) is 4.79 Å². The van der Waals surface area contributed by atoms with Crippen molar-refractivity contribution in [3.63, 3.8) is 0 Å². The van der Waals surface area contributed by atoms with Crippen LogP contribution in [0.5, 0.6) is 0 Å². The van der Waals surface area contributed by atoms with Crippen LogP contribution >= 0.6 is 0 Å². The molecule has 0 saturated carbocycles. The maximum Gasteiger partial charge on any atom is 0.411 e. The Morgan fingerprint density at radius 1 is 1.28 bits per heavy atom. The fourth-order valence-electron chi connectivity index (χ4n) is 2.18. The molecule has 0 aliphatic carbocycles. The highest BCUT2D eigenvalue weighted by atomic mass is 16.6. The van der Waals surface area contributed by atoms with Gasteiger partial charge in [-0.05, 0) is 33.6 Å². The smallest absolute Gasteiger partial charge is 0.411 e. The lowest BCUT2D eigenvalue weighted by molar-refractivity contribution is -0.160. The predicted octanol–water partition coefficient (Wildman–Crippen LogP) is 1.09. The molecule has 3 saturated heterocycles. The Balaban J connectivity index is 2.17. The summed E-state index contributed by atoms with van der Waals surface area (Å²) >= 11 is 0. The van der Waals surface area contributed by atoms with Gasteiger partial charge in [0.1, 0.15) is 11.6 Å². The summed E-state index contributed by atoms with van der Waals surface area (Å²) in [7, 11) is 0. The number of piperidine rings is 1. The van der Waals surface area contributed by atoms with Crippen molar-refractivity contribution in [3.8, 4) is 0 Å². The zero-order chi connectivity index (χ0) is 13.5. The average molecular weight is 255 g/mol. The van der Waals surface area contributed by atoms with Gasteiger partial charge in [-0.2, -0.15) is 0 Å². The highest BCUT2D eigenvalue weighted by Crippen LogP contribution is 2.29. The lowest BCUT2D eigenvalue weighted by Gasteiger charge is -2.34. The van der Waals surface area contributed by atoms with Gasteiger partial charge in [0.25, 0.3) is 0 Å². The standard InChI is InChI=1S/C12H17NO5/c1-12(2,3)18-11(16)13-6-7-4-5-8(13)10(15)17-9(7)14/h7-8H,4-6H2,1-3H3. The third-order valence-electron chi connectivity index (χ3n) is 3.02. The Morgan fingerprint density at radius 2 is 1.94 bits per heavy atom. The van der Waals surface area contributed by atoms with Gasteiger partial charge >= 0.3 is 18.0 Å². The zero-order valence-electron chi connectivity index (χ0n) is 10.8. The molecule has 2 atom stereocenters. The minimum absolute atomic E-state index is 0.199. The highest BCUT2D eigenvalue weighted by molar-refractivity contribution is 5.94. The molecular weight excluding hydrogens is 238 g/mol. The maximum absolute atomic E-state index is 12.0. The lowest BCUT2D eigenvalue weighted by atomic mass is 9.95. The van der Waals surface area contributed by atoms with Crippen molar-refractivity contribution in [1.29, 1.82) is 0 Å². The van der Waals surface area contributed by atoms with Gasteiger partial charge in [-0.1, -0.05) is 0 Å². The molecule has 100 valence electrons. The van der Waals surface area contributed by atoms with Crippen LogP contribution in [-0.4, -0.2) is 41.1 Å². The number of fused-ring (bicyclic) bond motifs is 4. The molecule has 1 amide bonds. The van der Waals surface area contributed by atoms with Crippen molar-refractivity contribution in [2.24, 2.45) is 5.92 Å². The number of carbonyl (C=O) groups is 3. The van der Waals surface area contributed by atoms with Crippen molar-refractivity contribution in [1.82, 2.24) is 4.90 Å². The zero-order valence-corrected chi connectivity index (χ0v) is 10.8. The number of nitrogens with zero attached hydrogens (tertiary/aromatic N) is 1. The first kappa shape index (κ1) is 12.9. The van der Waals surface area contributed by atoms with E-state index >= 15 is 0 Å². The summed E-state index contributed by atoms with van der Waals surface area (Å²) < 4.78 is 9.92. The Kier molecular flexibility index (Phi) is 3.04. The number of carbonyl (C=O) groups excluding carboxylic acids is 3. The van der Waals surface area contributed by atoms with Gasteiger partial charge in [-0.15, -0.1) is 0 Å². The number of rotatable bonds is 0. The van der Waals surface area contributed by atoms with Crippen LogP contribution in [-0.2, 0) is 19.1 Å². The van der Waals surface area contributed by atoms with Gasteiger partial charge in [-0.3, -0.25) is 9.69 Å². The summed E-state index contributed by atoms with van der Waals surface area (Å²) in [6, 6.07) is -0.692. The second kappa shape index (κ2) is 4.26. The maximum atomic E-state index is 12.0. The van der Waals surface area contributed by atoms with E-state index in [1.54, 1.807) is 20.8 Å². The first-order chi connectivity index (χ1) is 8.28. The Hall–Kier alpha value is -1.59. The number of hydrogen-bond acceptors (Lipinski definition) is 5. The molecule has 0 aromatic carbocycles. The highest BCUT2D eigenvalue weighted by Gasteiger charge is 2.46. The summed E-state index contributed by atoms with van der Waals surface area (Å²) in [6.07, 6.45) is 0.465. The Labute approximate surface area is 105 Å². The minimum atomic E-state index is -0.692. The van der Waals surface area contributed by atoms with Crippen LogP contribution in [0.15, 0.2) is 0 Å². The average Bonchev–Trinajstić information content (AvgIpc) is 2.44. The van der Waals surface area contributed by atoms with Crippen molar-refractivity contribution < 1.29 is 23.9 Å². The SMILES string of the molecule is CC(C)(C)OC(=O)N1CC2CCC1C(=O)OC2=O. The molecule has 0 aromatic rings. The number of hydrogen-bond donors (Lipinski definition) is 0. The van der Waals surface area contributed by atoms with Crippen LogP contribution < -0.4 is 0 Å². The van der Waals surface area contributed by atoms with Crippen molar-refractivity contribution in [3.05, 3.63) is 0 Å². The van der Waals surface area contributed by atoms with E-state index in [1.165, 1.54) is 4.90 Å². The molecule has 3 rings (SSSR count). The molecule has 3 aliphatic heterocycles. The molecule has 3 heterocycles.